The molecule has 0 atom stereocenters. The van der Waals surface area contributed by atoms with E-state index in [9.17, 15) is 4.79 Å². The number of benzene rings is 2. The number of para-hydroxylation sites is 2. The Bertz CT molecular complexity index is 616. The van der Waals surface area contributed by atoms with Crippen molar-refractivity contribution in [2.24, 2.45) is 0 Å². The number of unbranched alkanes of at least 4 members (excludes halogenated alkanes) is 1. The number of esters is 1. The molecule has 0 amide bonds. The van der Waals surface area contributed by atoms with Crippen LogP contribution >= 0.6 is 0 Å². The quantitative estimate of drug-likeness (QED) is 0.276. The van der Waals surface area contributed by atoms with Crippen LogP contribution in [0.2, 0.25) is 6.04 Å². The van der Waals surface area contributed by atoms with Crippen LogP contribution in [-0.2, 0) is 9.53 Å². The lowest BCUT2D eigenvalue weighted by molar-refractivity contribution is -0.139. The minimum Gasteiger partial charge on any atom is -0.514 e. The first-order chi connectivity index (χ1) is 12.1. The second kappa shape index (κ2) is 10.4. The third-order valence-electron chi connectivity index (χ3n) is 3.44. The molecule has 0 unspecified atom stereocenters. The lowest BCUT2D eigenvalue weighted by atomic mass is 10.3. The zero-order chi connectivity index (χ0) is 17.9. The van der Waals surface area contributed by atoms with Crippen LogP contribution in [-0.4, -0.2) is 21.9 Å². The molecule has 0 aliphatic heterocycles. The maximum atomic E-state index is 11.4. The van der Waals surface area contributed by atoms with E-state index in [0.29, 0.717) is 12.2 Å². The van der Waals surface area contributed by atoms with Crippen molar-refractivity contribution in [1.29, 1.82) is 0 Å². The highest BCUT2D eigenvalue weighted by Gasteiger charge is 2.17. The summed E-state index contributed by atoms with van der Waals surface area (Å²) in [6, 6.07) is 20.3. The molecule has 0 aliphatic rings. The summed E-state index contributed by atoms with van der Waals surface area (Å²) in [5.41, 5.74) is 0.423. The first kappa shape index (κ1) is 18.8. The van der Waals surface area contributed by atoms with E-state index < -0.39 is 9.28 Å². The number of carbonyl (C=O) groups excluding carboxylic acids is 1. The van der Waals surface area contributed by atoms with Gasteiger partial charge in [-0.1, -0.05) is 43.0 Å². The van der Waals surface area contributed by atoms with Crippen LogP contribution in [0.4, 0.5) is 0 Å². The molecule has 0 radical (unpaired) electrons. The van der Waals surface area contributed by atoms with Crippen molar-refractivity contribution in [3.63, 3.8) is 0 Å². The third kappa shape index (κ3) is 7.26. The molecule has 0 fully saturated rings. The van der Waals surface area contributed by atoms with Crippen LogP contribution in [0.1, 0.15) is 19.8 Å². The summed E-state index contributed by atoms with van der Waals surface area (Å²) in [5, 5.41) is 0. The van der Waals surface area contributed by atoms with E-state index in [1.807, 2.05) is 60.7 Å². The SMILES string of the molecule is C=C(C)C(=O)OCCCC[SiH](Oc1ccccc1)Oc1ccccc1. The zero-order valence-corrected chi connectivity index (χ0v) is 15.7. The van der Waals surface area contributed by atoms with E-state index in [-0.39, 0.29) is 5.97 Å². The topological polar surface area (TPSA) is 44.8 Å². The summed E-state index contributed by atoms with van der Waals surface area (Å²) in [5.74, 6) is 1.31. The maximum absolute atomic E-state index is 11.4. The smallest absolute Gasteiger partial charge is 0.444 e. The molecule has 0 saturated carbocycles. The Hall–Kier alpha value is -2.53. The first-order valence-electron chi connectivity index (χ1n) is 8.41. The van der Waals surface area contributed by atoms with Gasteiger partial charge in [-0.2, -0.15) is 0 Å². The van der Waals surface area contributed by atoms with E-state index in [1.54, 1.807) is 6.92 Å². The van der Waals surface area contributed by atoms with Gasteiger partial charge < -0.3 is 13.6 Å². The minimum atomic E-state index is -1.93. The van der Waals surface area contributed by atoms with Crippen molar-refractivity contribution < 1.29 is 18.4 Å². The molecule has 5 heteroatoms. The van der Waals surface area contributed by atoms with E-state index in [2.05, 4.69) is 6.58 Å². The summed E-state index contributed by atoms with van der Waals surface area (Å²) in [6.07, 6.45) is 1.65. The normalized spacial score (nSPS) is 10.3. The van der Waals surface area contributed by atoms with E-state index >= 15 is 0 Å². The Balaban J connectivity index is 1.84. The molecule has 0 spiro atoms. The Kier molecular flexibility index (Phi) is 7.79. The average molecular weight is 356 g/mol. The number of rotatable bonds is 10. The maximum Gasteiger partial charge on any atom is 0.444 e. The molecule has 25 heavy (non-hydrogen) atoms. The molecule has 0 saturated heterocycles. The van der Waals surface area contributed by atoms with Gasteiger partial charge in [0, 0.05) is 11.6 Å². The van der Waals surface area contributed by atoms with E-state index in [1.165, 1.54) is 0 Å². The standard InChI is InChI=1S/C20H24O4Si/c1-17(2)20(21)22-15-9-10-16-25(23-18-11-5-3-6-12-18)24-19-13-7-4-8-14-19/h3-8,11-14,25H,1,9-10,15-16H2,2H3. The fraction of sp³-hybridized carbons (Fsp3) is 0.250. The van der Waals surface area contributed by atoms with Crippen LogP contribution in [0.5, 0.6) is 11.5 Å². The summed E-state index contributed by atoms with van der Waals surface area (Å²) in [4.78, 5) is 11.4. The molecule has 4 nitrogen and oxygen atoms in total. The molecule has 2 rings (SSSR count). The predicted octanol–water partition coefficient (Wildman–Crippen LogP) is 4.26. The van der Waals surface area contributed by atoms with Crippen molar-refractivity contribution in [1.82, 2.24) is 0 Å². The Morgan fingerprint density at radius 3 is 1.92 bits per heavy atom. The van der Waals surface area contributed by atoms with Gasteiger partial charge in [-0.05, 0) is 44.0 Å². The number of ether oxygens (including phenoxy) is 1. The van der Waals surface area contributed by atoms with Gasteiger partial charge in [-0.15, -0.1) is 0 Å². The van der Waals surface area contributed by atoms with Gasteiger partial charge in [-0.3, -0.25) is 0 Å². The van der Waals surface area contributed by atoms with Gasteiger partial charge in [0.2, 0.25) is 0 Å². The average Bonchev–Trinajstić information content (AvgIpc) is 2.62. The van der Waals surface area contributed by atoms with Gasteiger partial charge in [0.25, 0.3) is 0 Å². The lowest BCUT2D eigenvalue weighted by Gasteiger charge is -2.19. The molecule has 132 valence electrons. The molecule has 0 heterocycles. The Morgan fingerprint density at radius 1 is 0.920 bits per heavy atom. The third-order valence-corrected chi connectivity index (χ3v) is 5.39. The largest absolute Gasteiger partial charge is 0.514 e. The monoisotopic (exact) mass is 356 g/mol. The number of hydrogen-bond donors (Lipinski definition) is 0. The fourth-order valence-corrected chi connectivity index (χ4v) is 3.97. The van der Waals surface area contributed by atoms with Crippen molar-refractivity contribution in [3.8, 4) is 11.5 Å². The highest BCUT2D eigenvalue weighted by atomic mass is 28.3. The van der Waals surface area contributed by atoms with Gasteiger partial charge >= 0.3 is 15.3 Å². The Morgan fingerprint density at radius 2 is 1.44 bits per heavy atom. The number of hydrogen-bond acceptors (Lipinski definition) is 4. The van der Waals surface area contributed by atoms with Crippen molar-refractivity contribution >= 4 is 15.3 Å². The molecular formula is C20H24O4Si. The molecule has 0 N–H and O–H groups in total. The summed E-state index contributed by atoms with van der Waals surface area (Å²) < 4.78 is 17.3. The molecule has 2 aromatic rings. The predicted molar refractivity (Wildman–Crippen MR) is 101 cm³/mol. The zero-order valence-electron chi connectivity index (χ0n) is 14.5. The molecule has 2 aromatic carbocycles. The van der Waals surface area contributed by atoms with Crippen LogP contribution in [0.25, 0.3) is 0 Å². The highest BCUT2D eigenvalue weighted by Crippen LogP contribution is 2.17. The van der Waals surface area contributed by atoms with Crippen LogP contribution in [0, 0.1) is 0 Å². The van der Waals surface area contributed by atoms with E-state index in [4.69, 9.17) is 13.6 Å². The molecule has 0 bridgehead atoms. The van der Waals surface area contributed by atoms with Crippen molar-refractivity contribution in [2.45, 2.75) is 25.8 Å². The van der Waals surface area contributed by atoms with Gasteiger partial charge in [0.15, 0.2) is 0 Å². The van der Waals surface area contributed by atoms with Crippen LogP contribution < -0.4 is 8.85 Å². The second-order valence-electron chi connectivity index (χ2n) is 5.70. The first-order valence-corrected chi connectivity index (χ1v) is 10.2. The lowest BCUT2D eigenvalue weighted by Crippen LogP contribution is -2.29. The van der Waals surface area contributed by atoms with Gasteiger partial charge in [0.1, 0.15) is 11.5 Å². The molecule has 0 aliphatic carbocycles. The van der Waals surface area contributed by atoms with Crippen molar-refractivity contribution in [3.05, 3.63) is 72.8 Å². The van der Waals surface area contributed by atoms with Crippen LogP contribution in [0.3, 0.4) is 0 Å². The minimum absolute atomic E-state index is 0.338. The van der Waals surface area contributed by atoms with Gasteiger partial charge in [0.05, 0.1) is 6.61 Å². The number of carbonyl (C=O) groups is 1. The summed E-state index contributed by atoms with van der Waals surface area (Å²) in [6.45, 7) is 5.61. The van der Waals surface area contributed by atoms with Gasteiger partial charge in [-0.25, -0.2) is 4.79 Å². The molecular weight excluding hydrogens is 332 g/mol. The van der Waals surface area contributed by atoms with Crippen molar-refractivity contribution in [2.75, 3.05) is 6.61 Å². The van der Waals surface area contributed by atoms with E-state index in [0.717, 1.165) is 30.4 Å². The highest BCUT2D eigenvalue weighted by molar-refractivity contribution is 6.46. The summed E-state index contributed by atoms with van der Waals surface area (Å²) >= 11 is 0. The second-order valence-corrected chi connectivity index (χ2v) is 7.61. The Labute approximate surface area is 150 Å². The summed E-state index contributed by atoms with van der Waals surface area (Å²) in [7, 11) is -1.93. The van der Waals surface area contributed by atoms with Crippen LogP contribution in [0.15, 0.2) is 72.8 Å². The fourth-order valence-electron chi connectivity index (χ4n) is 2.14. The molecule has 0 aromatic heterocycles.